The molecule has 0 bridgehead atoms. The number of rotatable bonds is 2. The van der Waals surface area contributed by atoms with Crippen LogP contribution in [-0.4, -0.2) is 22.5 Å². The Morgan fingerprint density at radius 2 is 2.26 bits per heavy atom. The predicted octanol–water partition coefficient (Wildman–Crippen LogP) is 3.03. The minimum atomic E-state index is -0.419. The van der Waals surface area contributed by atoms with Gasteiger partial charge in [0.1, 0.15) is 0 Å². The molecule has 0 N–H and O–H groups in total. The van der Waals surface area contributed by atoms with E-state index in [9.17, 15) is 4.79 Å². The summed E-state index contributed by atoms with van der Waals surface area (Å²) >= 11 is 6.07. The van der Waals surface area contributed by atoms with E-state index in [0.717, 1.165) is 0 Å². The molecule has 96 valence electrons. The highest BCUT2D eigenvalue weighted by molar-refractivity contribution is 6.32. The standard InChI is InChI=1S/C13H9ClN2O3/c1-18-13(17)8-4-5-9-11(14)15-12(16(9)7-8)10-3-2-6-19-10/h2-7H,1H3. The van der Waals surface area contributed by atoms with Crippen molar-refractivity contribution in [1.82, 2.24) is 9.38 Å². The van der Waals surface area contributed by atoms with E-state index in [2.05, 4.69) is 4.98 Å². The third-order valence-electron chi connectivity index (χ3n) is 2.75. The van der Waals surface area contributed by atoms with Crippen LogP contribution in [0.2, 0.25) is 5.15 Å². The fourth-order valence-corrected chi connectivity index (χ4v) is 2.10. The molecule has 3 rings (SSSR count). The number of ether oxygens (including phenoxy) is 1. The number of hydrogen-bond acceptors (Lipinski definition) is 4. The monoisotopic (exact) mass is 276 g/mol. The molecular formula is C13H9ClN2O3. The van der Waals surface area contributed by atoms with Crippen molar-refractivity contribution in [3.8, 4) is 11.6 Å². The largest absolute Gasteiger partial charge is 0.465 e. The van der Waals surface area contributed by atoms with Crippen LogP contribution in [0.1, 0.15) is 10.4 Å². The highest BCUT2D eigenvalue weighted by Crippen LogP contribution is 2.26. The maximum Gasteiger partial charge on any atom is 0.339 e. The molecule has 0 saturated heterocycles. The summed E-state index contributed by atoms with van der Waals surface area (Å²) in [5, 5.41) is 0.350. The summed E-state index contributed by atoms with van der Waals surface area (Å²) in [4.78, 5) is 15.8. The Labute approximate surface area is 113 Å². The van der Waals surface area contributed by atoms with Crippen LogP contribution >= 0.6 is 11.6 Å². The first kappa shape index (κ1) is 11.8. The smallest absolute Gasteiger partial charge is 0.339 e. The number of hydrogen-bond donors (Lipinski definition) is 0. The molecule has 0 spiro atoms. The van der Waals surface area contributed by atoms with Crippen molar-refractivity contribution in [3.05, 3.63) is 47.4 Å². The molecule has 0 aliphatic rings. The molecule has 0 aliphatic carbocycles. The van der Waals surface area contributed by atoms with Crippen LogP contribution in [0.3, 0.4) is 0 Å². The van der Waals surface area contributed by atoms with Crippen molar-refractivity contribution in [2.75, 3.05) is 7.11 Å². The van der Waals surface area contributed by atoms with Crippen molar-refractivity contribution in [2.45, 2.75) is 0 Å². The van der Waals surface area contributed by atoms with Crippen LogP contribution in [-0.2, 0) is 4.74 Å². The fraction of sp³-hybridized carbons (Fsp3) is 0.0769. The molecule has 3 heterocycles. The quantitative estimate of drug-likeness (QED) is 0.675. The molecule has 0 amide bonds. The Balaban J connectivity index is 2.25. The summed E-state index contributed by atoms with van der Waals surface area (Å²) in [6, 6.07) is 6.89. The Morgan fingerprint density at radius 3 is 2.95 bits per heavy atom. The lowest BCUT2D eigenvalue weighted by Crippen LogP contribution is -2.03. The molecule has 0 radical (unpaired) electrons. The lowest BCUT2D eigenvalue weighted by molar-refractivity contribution is 0.0600. The maximum absolute atomic E-state index is 11.5. The molecule has 3 aromatic rings. The number of nitrogens with zero attached hydrogens (tertiary/aromatic N) is 2. The number of pyridine rings is 1. The first-order valence-electron chi connectivity index (χ1n) is 5.50. The molecule has 0 fully saturated rings. The normalized spacial score (nSPS) is 10.8. The van der Waals surface area contributed by atoms with Gasteiger partial charge in [0.05, 0.1) is 24.5 Å². The molecule has 5 nitrogen and oxygen atoms in total. The average Bonchev–Trinajstić information content (AvgIpc) is 3.06. The van der Waals surface area contributed by atoms with E-state index in [4.69, 9.17) is 20.8 Å². The summed E-state index contributed by atoms with van der Waals surface area (Å²) in [5.41, 5.74) is 1.11. The van der Waals surface area contributed by atoms with Gasteiger partial charge >= 0.3 is 5.97 Å². The second-order valence-corrected chi connectivity index (χ2v) is 4.23. The molecular weight excluding hydrogens is 268 g/mol. The third-order valence-corrected chi connectivity index (χ3v) is 3.03. The van der Waals surface area contributed by atoms with Gasteiger partial charge in [-0.3, -0.25) is 4.40 Å². The van der Waals surface area contributed by atoms with Crippen molar-refractivity contribution in [2.24, 2.45) is 0 Å². The molecule has 3 aromatic heterocycles. The number of aromatic nitrogens is 2. The van der Waals surface area contributed by atoms with Gasteiger partial charge in [-0.05, 0) is 24.3 Å². The summed E-state index contributed by atoms with van der Waals surface area (Å²) in [7, 11) is 1.33. The predicted molar refractivity (Wildman–Crippen MR) is 69.2 cm³/mol. The third kappa shape index (κ3) is 1.88. The minimum Gasteiger partial charge on any atom is -0.465 e. The summed E-state index contributed by atoms with van der Waals surface area (Å²) < 4.78 is 11.7. The molecule has 0 unspecified atom stereocenters. The van der Waals surface area contributed by atoms with Gasteiger partial charge in [-0.25, -0.2) is 9.78 Å². The van der Waals surface area contributed by atoms with Gasteiger partial charge < -0.3 is 9.15 Å². The lowest BCUT2D eigenvalue weighted by atomic mass is 10.2. The van der Waals surface area contributed by atoms with Gasteiger partial charge in [-0.2, -0.15) is 0 Å². The topological polar surface area (TPSA) is 56.7 Å². The number of carbonyl (C=O) groups is 1. The van der Waals surface area contributed by atoms with Crippen LogP contribution < -0.4 is 0 Å². The van der Waals surface area contributed by atoms with E-state index in [1.54, 1.807) is 41.1 Å². The summed E-state index contributed by atoms with van der Waals surface area (Å²) in [5.74, 6) is 0.691. The van der Waals surface area contributed by atoms with Crippen molar-refractivity contribution in [1.29, 1.82) is 0 Å². The highest BCUT2D eigenvalue weighted by atomic mass is 35.5. The van der Waals surface area contributed by atoms with Crippen LogP contribution in [0.5, 0.6) is 0 Å². The van der Waals surface area contributed by atoms with Gasteiger partial charge in [0, 0.05) is 6.20 Å². The van der Waals surface area contributed by atoms with Crippen LogP contribution in [0, 0.1) is 0 Å². The zero-order valence-corrected chi connectivity index (χ0v) is 10.7. The zero-order chi connectivity index (χ0) is 13.4. The van der Waals surface area contributed by atoms with Crippen molar-refractivity contribution < 1.29 is 13.9 Å². The number of halogens is 1. The van der Waals surface area contributed by atoms with Gasteiger partial charge in [0.25, 0.3) is 0 Å². The maximum atomic E-state index is 11.5. The SMILES string of the molecule is COC(=O)c1ccc2c(Cl)nc(-c3ccco3)n2c1. The minimum absolute atomic E-state index is 0.350. The Morgan fingerprint density at radius 1 is 1.42 bits per heavy atom. The van der Waals surface area contributed by atoms with Crippen molar-refractivity contribution >= 4 is 23.1 Å². The first-order valence-corrected chi connectivity index (χ1v) is 5.88. The summed E-state index contributed by atoms with van der Waals surface area (Å²) in [6.45, 7) is 0. The number of furan rings is 1. The number of methoxy groups -OCH3 is 1. The van der Waals surface area contributed by atoms with Crippen LogP contribution in [0.15, 0.2) is 41.1 Å². The van der Waals surface area contributed by atoms with Gasteiger partial charge in [0.15, 0.2) is 16.7 Å². The van der Waals surface area contributed by atoms with E-state index in [1.807, 2.05) is 0 Å². The Bertz CT molecular complexity index is 747. The molecule has 0 aliphatic heterocycles. The second kappa shape index (κ2) is 4.44. The highest BCUT2D eigenvalue weighted by Gasteiger charge is 2.15. The number of imidazole rings is 1. The lowest BCUT2D eigenvalue weighted by Gasteiger charge is -2.02. The van der Waals surface area contributed by atoms with Crippen LogP contribution in [0.4, 0.5) is 0 Å². The number of carbonyl (C=O) groups excluding carboxylic acids is 1. The molecule has 19 heavy (non-hydrogen) atoms. The van der Waals surface area contributed by atoms with Crippen LogP contribution in [0.25, 0.3) is 17.1 Å². The number of fused-ring (bicyclic) bond motifs is 1. The van der Waals surface area contributed by atoms with Gasteiger partial charge in [-0.15, -0.1) is 0 Å². The second-order valence-electron chi connectivity index (χ2n) is 3.87. The summed E-state index contributed by atoms with van der Waals surface area (Å²) in [6.07, 6.45) is 3.17. The molecule has 0 saturated carbocycles. The number of esters is 1. The van der Waals surface area contributed by atoms with E-state index in [-0.39, 0.29) is 0 Å². The Kier molecular flexibility index (Phi) is 2.76. The van der Waals surface area contributed by atoms with Gasteiger partial charge in [-0.1, -0.05) is 11.6 Å². The average molecular weight is 277 g/mol. The fourth-order valence-electron chi connectivity index (χ4n) is 1.87. The van der Waals surface area contributed by atoms with E-state index in [1.165, 1.54) is 7.11 Å². The van der Waals surface area contributed by atoms with Crippen molar-refractivity contribution in [3.63, 3.8) is 0 Å². The van der Waals surface area contributed by atoms with Gasteiger partial charge in [0.2, 0.25) is 0 Å². The molecule has 0 atom stereocenters. The van der Waals surface area contributed by atoms with E-state index in [0.29, 0.717) is 27.8 Å². The molecule has 0 aromatic carbocycles. The van der Waals surface area contributed by atoms with E-state index >= 15 is 0 Å². The first-order chi connectivity index (χ1) is 9.20. The molecule has 6 heteroatoms. The van der Waals surface area contributed by atoms with E-state index < -0.39 is 5.97 Å². The zero-order valence-electron chi connectivity index (χ0n) is 9.96. The Hall–Kier alpha value is -2.27.